The SMILES string of the molecule is [CH]C1C=C(C)CCC1. The summed E-state index contributed by atoms with van der Waals surface area (Å²) in [7, 11) is 0. The van der Waals surface area contributed by atoms with E-state index in [9.17, 15) is 0 Å². The largest absolute Gasteiger partial charge is 0.0822 e. The molecular formula is C8H12. The topological polar surface area (TPSA) is 0 Å². The van der Waals surface area contributed by atoms with Gasteiger partial charge in [0, 0.05) is 0 Å². The van der Waals surface area contributed by atoms with E-state index in [-0.39, 0.29) is 0 Å². The average Bonchev–Trinajstić information content (AvgIpc) is 1.64. The Labute approximate surface area is 51.6 Å². The summed E-state index contributed by atoms with van der Waals surface area (Å²) < 4.78 is 0. The van der Waals surface area contributed by atoms with Gasteiger partial charge < -0.3 is 0 Å². The fourth-order valence-electron chi connectivity index (χ4n) is 1.15. The highest BCUT2D eigenvalue weighted by molar-refractivity contribution is 5.05. The number of allylic oxidation sites excluding steroid dienone is 2. The molecule has 1 rings (SSSR count). The predicted octanol–water partition coefficient (Wildman–Crippen LogP) is 2.44. The summed E-state index contributed by atoms with van der Waals surface area (Å²) in [5.74, 6) is 0.351. The fourth-order valence-corrected chi connectivity index (χ4v) is 1.15. The van der Waals surface area contributed by atoms with Crippen molar-refractivity contribution >= 4 is 0 Å². The molecule has 8 heavy (non-hydrogen) atoms. The Bertz CT molecular complexity index is 101. The van der Waals surface area contributed by atoms with Crippen molar-refractivity contribution < 1.29 is 0 Å². The van der Waals surface area contributed by atoms with E-state index in [1.165, 1.54) is 24.8 Å². The second kappa shape index (κ2) is 2.34. The smallest absolute Gasteiger partial charge is 0.0197 e. The summed E-state index contributed by atoms with van der Waals surface area (Å²) in [5.41, 5.74) is 1.46. The van der Waals surface area contributed by atoms with E-state index in [0.717, 1.165) is 0 Å². The van der Waals surface area contributed by atoms with Gasteiger partial charge in [-0.25, -0.2) is 0 Å². The quantitative estimate of drug-likeness (QED) is 0.418. The lowest BCUT2D eigenvalue weighted by atomic mass is 9.93. The third-order valence-corrected chi connectivity index (χ3v) is 1.61. The zero-order chi connectivity index (χ0) is 5.98. The highest BCUT2D eigenvalue weighted by atomic mass is 14.1. The van der Waals surface area contributed by atoms with Crippen LogP contribution in [0.4, 0.5) is 0 Å². The van der Waals surface area contributed by atoms with Crippen LogP contribution in [0.25, 0.3) is 0 Å². The molecule has 44 valence electrons. The van der Waals surface area contributed by atoms with Crippen LogP contribution in [0.3, 0.4) is 0 Å². The molecule has 0 aromatic heterocycles. The summed E-state index contributed by atoms with van der Waals surface area (Å²) in [6.07, 6.45) is 5.89. The molecule has 0 aromatic rings. The second-order valence-corrected chi connectivity index (χ2v) is 2.57. The Kier molecular flexibility index (Phi) is 1.72. The van der Waals surface area contributed by atoms with Crippen LogP contribution in [0.5, 0.6) is 0 Å². The molecule has 1 unspecified atom stereocenters. The summed E-state index contributed by atoms with van der Waals surface area (Å²) in [6.45, 7) is 7.80. The van der Waals surface area contributed by atoms with Crippen molar-refractivity contribution in [2.45, 2.75) is 26.2 Å². The van der Waals surface area contributed by atoms with Crippen molar-refractivity contribution in [2.24, 2.45) is 5.92 Å². The average molecular weight is 108 g/mol. The zero-order valence-corrected chi connectivity index (χ0v) is 5.35. The van der Waals surface area contributed by atoms with Crippen LogP contribution in [-0.2, 0) is 0 Å². The van der Waals surface area contributed by atoms with Gasteiger partial charge in [-0.15, -0.1) is 0 Å². The maximum Gasteiger partial charge on any atom is -0.0197 e. The maximum atomic E-state index is 5.65. The van der Waals surface area contributed by atoms with E-state index in [4.69, 9.17) is 6.92 Å². The van der Waals surface area contributed by atoms with Gasteiger partial charge in [-0.05, 0) is 39.0 Å². The van der Waals surface area contributed by atoms with Gasteiger partial charge in [0.15, 0.2) is 0 Å². The number of rotatable bonds is 0. The first-order valence-electron chi connectivity index (χ1n) is 3.22. The molecule has 0 aliphatic heterocycles. The number of hydrogen-bond donors (Lipinski definition) is 0. The minimum Gasteiger partial charge on any atom is -0.0822 e. The lowest BCUT2D eigenvalue weighted by Crippen LogP contribution is -1.97. The fraction of sp³-hybridized carbons (Fsp3) is 0.625. The van der Waals surface area contributed by atoms with E-state index >= 15 is 0 Å². The van der Waals surface area contributed by atoms with Crippen molar-refractivity contribution in [3.63, 3.8) is 0 Å². The Balaban J connectivity index is 2.50. The van der Waals surface area contributed by atoms with Gasteiger partial charge in [-0.3, -0.25) is 0 Å². The molecule has 1 atom stereocenters. The minimum atomic E-state index is 0.351. The highest BCUT2D eigenvalue weighted by Gasteiger charge is 2.04. The van der Waals surface area contributed by atoms with Crippen molar-refractivity contribution in [3.8, 4) is 0 Å². The molecule has 0 nitrogen and oxygen atoms in total. The van der Waals surface area contributed by atoms with Crippen molar-refractivity contribution in [1.29, 1.82) is 0 Å². The standard InChI is InChI=1S/C8H12/c1-7-4-3-5-8(2)6-7/h1,6-7H,3-5H2,2H3. The van der Waals surface area contributed by atoms with E-state index in [1.54, 1.807) is 0 Å². The predicted molar refractivity (Wildman–Crippen MR) is 35.4 cm³/mol. The van der Waals surface area contributed by atoms with Gasteiger partial charge in [0.25, 0.3) is 0 Å². The molecule has 1 aliphatic rings. The molecule has 0 heteroatoms. The summed E-state index contributed by atoms with van der Waals surface area (Å²) in [4.78, 5) is 0. The summed E-state index contributed by atoms with van der Waals surface area (Å²) in [6, 6.07) is 0. The molecule has 0 heterocycles. The molecular weight excluding hydrogens is 96.1 g/mol. The first-order chi connectivity index (χ1) is 3.79. The molecule has 0 amide bonds. The van der Waals surface area contributed by atoms with E-state index in [2.05, 4.69) is 13.0 Å². The molecule has 0 fully saturated rings. The lowest BCUT2D eigenvalue weighted by molar-refractivity contribution is 0.608. The van der Waals surface area contributed by atoms with Gasteiger partial charge in [-0.2, -0.15) is 0 Å². The van der Waals surface area contributed by atoms with Crippen molar-refractivity contribution in [2.75, 3.05) is 0 Å². The highest BCUT2D eigenvalue weighted by Crippen LogP contribution is 2.20. The van der Waals surface area contributed by atoms with Gasteiger partial charge in [0.2, 0.25) is 0 Å². The molecule has 0 spiro atoms. The molecule has 0 bridgehead atoms. The Morgan fingerprint density at radius 1 is 1.75 bits per heavy atom. The van der Waals surface area contributed by atoms with Gasteiger partial charge in [-0.1, -0.05) is 11.6 Å². The monoisotopic (exact) mass is 108 g/mol. The van der Waals surface area contributed by atoms with Crippen molar-refractivity contribution in [1.82, 2.24) is 0 Å². The van der Waals surface area contributed by atoms with Crippen LogP contribution in [0.15, 0.2) is 11.6 Å². The Morgan fingerprint density at radius 3 is 2.88 bits per heavy atom. The Morgan fingerprint density at radius 2 is 2.50 bits per heavy atom. The van der Waals surface area contributed by atoms with Crippen LogP contribution in [0, 0.1) is 12.8 Å². The van der Waals surface area contributed by atoms with Crippen LogP contribution >= 0.6 is 0 Å². The molecule has 0 saturated carbocycles. The first-order valence-corrected chi connectivity index (χ1v) is 3.22. The molecule has 0 aromatic carbocycles. The molecule has 0 saturated heterocycles. The van der Waals surface area contributed by atoms with Crippen LogP contribution in [-0.4, -0.2) is 0 Å². The van der Waals surface area contributed by atoms with Gasteiger partial charge >= 0.3 is 0 Å². The Hall–Kier alpha value is -0.260. The normalized spacial score (nSPS) is 29.8. The molecule has 1 aliphatic carbocycles. The second-order valence-electron chi connectivity index (χ2n) is 2.57. The maximum absolute atomic E-state index is 5.65. The van der Waals surface area contributed by atoms with Gasteiger partial charge in [0.1, 0.15) is 0 Å². The molecule has 0 N–H and O–H groups in total. The van der Waals surface area contributed by atoms with Gasteiger partial charge in [0.05, 0.1) is 0 Å². The third-order valence-electron chi connectivity index (χ3n) is 1.61. The van der Waals surface area contributed by atoms with E-state index < -0.39 is 0 Å². The molecule has 2 radical (unpaired) electrons. The van der Waals surface area contributed by atoms with Crippen LogP contribution in [0.2, 0.25) is 0 Å². The number of hydrogen-bond acceptors (Lipinski definition) is 0. The first kappa shape index (κ1) is 5.87. The minimum absolute atomic E-state index is 0.351. The summed E-state index contributed by atoms with van der Waals surface area (Å²) >= 11 is 0. The van der Waals surface area contributed by atoms with Crippen molar-refractivity contribution in [3.05, 3.63) is 18.6 Å². The van der Waals surface area contributed by atoms with Crippen LogP contribution in [0.1, 0.15) is 26.2 Å². The van der Waals surface area contributed by atoms with E-state index in [0.29, 0.717) is 5.92 Å². The van der Waals surface area contributed by atoms with E-state index in [1.807, 2.05) is 0 Å². The lowest BCUT2D eigenvalue weighted by Gasteiger charge is -2.13. The summed E-state index contributed by atoms with van der Waals surface area (Å²) in [5, 5.41) is 0. The zero-order valence-electron chi connectivity index (χ0n) is 5.35. The third kappa shape index (κ3) is 1.36. The van der Waals surface area contributed by atoms with Crippen LogP contribution < -0.4 is 0 Å².